The van der Waals surface area contributed by atoms with Crippen molar-refractivity contribution in [2.45, 2.75) is 70.9 Å². The molecule has 0 radical (unpaired) electrons. The first kappa shape index (κ1) is 17.0. The standard InChI is InChI=1S/C18H23F2NO3/c1-9-10(2)15-13(11(3)14(9)22)5-6-17(4,24-15)16(23)21-12-7-18(19,20)8-12/h12,22H,5-8H2,1-4H3,(H,21,23). The molecular formula is C18H23F2NO3. The van der Waals surface area contributed by atoms with Gasteiger partial charge >= 0.3 is 0 Å². The van der Waals surface area contributed by atoms with E-state index in [1.165, 1.54) is 0 Å². The fourth-order valence-electron chi connectivity index (χ4n) is 3.51. The quantitative estimate of drug-likeness (QED) is 0.869. The zero-order valence-corrected chi connectivity index (χ0v) is 14.4. The van der Waals surface area contributed by atoms with E-state index < -0.39 is 17.6 Å². The number of nitrogens with one attached hydrogen (secondary N) is 1. The maximum atomic E-state index is 12.9. The highest BCUT2D eigenvalue weighted by Crippen LogP contribution is 2.44. The zero-order chi connectivity index (χ0) is 17.9. The molecule has 1 aromatic carbocycles. The molecule has 2 aliphatic rings. The predicted molar refractivity (Wildman–Crippen MR) is 85.8 cm³/mol. The number of phenols is 1. The summed E-state index contributed by atoms with van der Waals surface area (Å²) in [5, 5.41) is 12.9. The maximum absolute atomic E-state index is 12.9. The molecule has 6 heteroatoms. The molecule has 1 aromatic rings. The zero-order valence-electron chi connectivity index (χ0n) is 14.4. The van der Waals surface area contributed by atoms with Crippen molar-refractivity contribution in [1.29, 1.82) is 0 Å². The lowest BCUT2D eigenvalue weighted by Crippen LogP contribution is -2.58. The molecule has 24 heavy (non-hydrogen) atoms. The van der Waals surface area contributed by atoms with Crippen LogP contribution in [0.5, 0.6) is 11.5 Å². The normalized spacial score (nSPS) is 25.4. The number of hydrogen-bond donors (Lipinski definition) is 2. The molecule has 1 fully saturated rings. The van der Waals surface area contributed by atoms with Crippen molar-refractivity contribution in [3.63, 3.8) is 0 Å². The molecule has 1 atom stereocenters. The Hall–Kier alpha value is -1.85. The third kappa shape index (κ3) is 2.62. The van der Waals surface area contributed by atoms with Gasteiger partial charge in [-0.3, -0.25) is 4.79 Å². The SMILES string of the molecule is Cc1c(C)c2c(c(C)c1O)CCC(C)(C(=O)NC1CC(F)(F)C1)O2. The van der Waals surface area contributed by atoms with E-state index in [0.717, 1.165) is 22.3 Å². The van der Waals surface area contributed by atoms with Gasteiger partial charge in [-0.15, -0.1) is 0 Å². The van der Waals surface area contributed by atoms with Crippen LogP contribution >= 0.6 is 0 Å². The number of phenolic OH excluding ortho intramolecular Hbond substituents is 1. The van der Waals surface area contributed by atoms with Gasteiger partial charge in [0.1, 0.15) is 11.5 Å². The number of alkyl halides is 2. The van der Waals surface area contributed by atoms with Gasteiger partial charge in [-0.1, -0.05) is 0 Å². The fourth-order valence-corrected chi connectivity index (χ4v) is 3.51. The summed E-state index contributed by atoms with van der Waals surface area (Å²) in [6.07, 6.45) is 0.422. The van der Waals surface area contributed by atoms with Gasteiger partial charge in [-0.05, 0) is 50.8 Å². The van der Waals surface area contributed by atoms with E-state index in [4.69, 9.17) is 4.74 Å². The number of rotatable bonds is 2. The molecule has 0 saturated heterocycles. The van der Waals surface area contributed by atoms with Crippen LogP contribution in [0.3, 0.4) is 0 Å². The van der Waals surface area contributed by atoms with Crippen LogP contribution in [0.4, 0.5) is 8.78 Å². The van der Waals surface area contributed by atoms with Gasteiger partial charge in [-0.25, -0.2) is 8.78 Å². The van der Waals surface area contributed by atoms with Gasteiger partial charge in [0, 0.05) is 30.9 Å². The predicted octanol–water partition coefficient (Wildman–Crippen LogP) is 3.32. The molecule has 0 bridgehead atoms. The summed E-state index contributed by atoms with van der Waals surface area (Å²) < 4.78 is 31.9. The number of carbonyl (C=O) groups excluding carboxylic acids is 1. The van der Waals surface area contributed by atoms with Gasteiger partial charge in [0.2, 0.25) is 0 Å². The van der Waals surface area contributed by atoms with Crippen molar-refractivity contribution in [1.82, 2.24) is 5.32 Å². The van der Waals surface area contributed by atoms with Gasteiger partial charge in [0.15, 0.2) is 5.60 Å². The summed E-state index contributed by atoms with van der Waals surface area (Å²) in [7, 11) is 0. The van der Waals surface area contributed by atoms with Crippen molar-refractivity contribution in [3.05, 3.63) is 22.3 Å². The summed E-state index contributed by atoms with van der Waals surface area (Å²) in [5.74, 6) is -2.12. The Bertz CT molecular complexity index is 709. The molecule has 1 amide bonds. The summed E-state index contributed by atoms with van der Waals surface area (Å²) >= 11 is 0. The van der Waals surface area contributed by atoms with E-state index in [1.807, 2.05) is 20.8 Å². The van der Waals surface area contributed by atoms with Crippen molar-refractivity contribution in [2.24, 2.45) is 0 Å². The molecule has 0 spiro atoms. The lowest BCUT2D eigenvalue weighted by atomic mass is 9.84. The van der Waals surface area contributed by atoms with Crippen molar-refractivity contribution >= 4 is 5.91 Å². The highest BCUT2D eigenvalue weighted by Gasteiger charge is 2.48. The molecule has 3 rings (SSSR count). The summed E-state index contributed by atoms with van der Waals surface area (Å²) in [4.78, 5) is 12.6. The van der Waals surface area contributed by atoms with Crippen LogP contribution in [0.15, 0.2) is 0 Å². The number of amides is 1. The van der Waals surface area contributed by atoms with Crippen molar-refractivity contribution < 1.29 is 23.4 Å². The molecule has 1 heterocycles. The Balaban J connectivity index is 1.82. The van der Waals surface area contributed by atoms with Crippen LogP contribution in [0.1, 0.15) is 48.4 Å². The molecule has 2 N–H and O–H groups in total. The molecule has 1 aliphatic heterocycles. The lowest BCUT2D eigenvalue weighted by molar-refractivity contribution is -0.143. The maximum Gasteiger partial charge on any atom is 0.264 e. The van der Waals surface area contributed by atoms with Gasteiger partial charge in [0.05, 0.1) is 0 Å². The summed E-state index contributed by atoms with van der Waals surface area (Å²) in [5.41, 5.74) is 2.14. The highest BCUT2D eigenvalue weighted by molar-refractivity contribution is 5.86. The summed E-state index contributed by atoms with van der Waals surface area (Å²) in [6.45, 7) is 7.19. The minimum atomic E-state index is -2.67. The first-order chi connectivity index (χ1) is 11.0. The number of hydrogen-bond acceptors (Lipinski definition) is 3. The Morgan fingerprint density at radius 3 is 2.42 bits per heavy atom. The number of fused-ring (bicyclic) bond motifs is 1. The average Bonchev–Trinajstić information content (AvgIpc) is 2.49. The minimum Gasteiger partial charge on any atom is -0.507 e. The molecular weight excluding hydrogens is 316 g/mol. The van der Waals surface area contributed by atoms with Crippen LogP contribution in [0.2, 0.25) is 0 Å². The van der Waals surface area contributed by atoms with Crippen LogP contribution in [0, 0.1) is 20.8 Å². The second-order valence-electron chi connectivity index (χ2n) is 7.30. The molecule has 1 aliphatic carbocycles. The van der Waals surface area contributed by atoms with E-state index in [9.17, 15) is 18.7 Å². The van der Waals surface area contributed by atoms with E-state index >= 15 is 0 Å². The second kappa shape index (κ2) is 5.33. The number of halogens is 2. The Morgan fingerprint density at radius 2 is 1.83 bits per heavy atom. The molecule has 1 saturated carbocycles. The summed E-state index contributed by atoms with van der Waals surface area (Å²) in [6, 6.07) is -0.487. The van der Waals surface area contributed by atoms with E-state index in [1.54, 1.807) is 6.92 Å². The Morgan fingerprint density at radius 1 is 1.21 bits per heavy atom. The topological polar surface area (TPSA) is 58.6 Å². The third-order valence-electron chi connectivity index (χ3n) is 5.43. The highest BCUT2D eigenvalue weighted by atomic mass is 19.3. The van der Waals surface area contributed by atoms with Crippen LogP contribution in [-0.4, -0.2) is 28.6 Å². The Kier molecular flexibility index (Phi) is 3.77. The van der Waals surface area contributed by atoms with Crippen LogP contribution < -0.4 is 10.1 Å². The largest absolute Gasteiger partial charge is 0.507 e. The first-order valence-corrected chi connectivity index (χ1v) is 8.23. The number of benzene rings is 1. The van der Waals surface area contributed by atoms with Gasteiger partial charge < -0.3 is 15.2 Å². The van der Waals surface area contributed by atoms with Crippen LogP contribution in [0.25, 0.3) is 0 Å². The third-order valence-corrected chi connectivity index (χ3v) is 5.43. The molecule has 4 nitrogen and oxygen atoms in total. The number of carbonyl (C=O) groups is 1. The lowest BCUT2D eigenvalue weighted by Gasteiger charge is -2.40. The van der Waals surface area contributed by atoms with Crippen LogP contribution in [-0.2, 0) is 11.2 Å². The Labute approximate surface area is 140 Å². The first-order valence-electron chi connectivity index (χ1n) is 8.23. The molecule has 132 valence electrons. The van der Waals surface area contributed by atoms with Gasteiger partial charge in [0.25, 0.3) is 11.8 Å². The van der Waals surface area contributed by atoms with E-state index in [0.29, 0.717) is 18.6 Å². The number of ether oxygens (including phenoxy) is 1. The van der Waals surface area contributed by atoms with E-state index in [-0.39, 0.29) is 24.5 Å². The van der Waals surface area contributed by atoms with Crippen molar-refractivity contribution in [3.8, 4) is 11.5 Å². The molecule has 1 unspecified atom stereocenters. The smallest absolute Gasteiger partial charge is 0.264 e. The van der Waals surface area contributed by atoms with Gasteiger partial charge in [-0.2, -0.15) is 0 Å². The second-order valence-corrected chi connectivity index (χ2v) is 7.30. The fraction of sp³-hybridized carbons (Fsp3) is 0.611. The number of aromatic hydroxyl groups is 1. The van der Waals surface area contributed by atoms with Crippen molar-refractivity contribution in [2.75, 3.05) is 0 Å². The van der Waals surface area contributed by atoms with E-state index in [2.05, 4.69) is 5.32 Å². The minimum absolute atomic E-state index is 0.264. The average molecular weight is 339 g/mol. The monoisotopic (exact) mass is 339 g/mol. The molecule has 0 aromatic heterocycles.